The van der Waals surface area contributed by atoms with Gasteiger partial charge in [-0.05, 0) is 32.8 Å². The van der Waals surface area contributed by atoms with Gasteiger partial charge in [-0.2, -0.15) is 0 Å². The van der Waals surface area contributed by atoms with Crippen LogP contribution >= 0.6 is 0 Å². The standard InChI is InChI=1S/C18H25NO5/c1-18(2,3)24-17(22)19-10-9-14(15(20)11-19)16(21)23-12-13-7-5-4-6-8-13/h4-8,14-15,20H,9-12H2,1-3H3. The largest absolute Gasteiger partial charge is 0.461 e. The van der Waals surface area contributed by atoms with Crippen LogP contribution in [0.4, 0.5) is 4.79 Å². The summed E-state index contributed by atoms with van der Waals surface area (Å²) in [4.78, 5) is 25.6. The number of β-amino-alcohol motifs (C(OH)–C–C–N with tert-alkyl or cyclic N) is 1. The first kappa shape index (κ1) is 18.3. The molecule has 0 saturated carbocycles. The molecule has 1 aromatic rings. The van der Waals surface area contributed by atoms with E-state index in [1.807, 2.05) is 30.3 Å². The number of nitrogens with zero attached hydrogens (tertiary/aromatic N) is 1. The van der Waals surface area contributed by atoms with E-state index in [-0.39, 0.29) is 13.2 Å². The molecule has 0 aliphatic carbocycles. The van der Waals surface area contributed by atoms with Crippen LogP contribution in [0.15, 0.2) is 30.3 Å². The van der Waals surface area contributed by atoms with Crippen LogP contribution in [0.2, 0.25) is 0 Å². The smallest absolute Gasteiger partial charge is 0.410 e. The van der Waals surface area contributed by atoms with Crippen LogP contribution in [-0.2, 0) is 20.9 Å². The molecule has 2 unspecified atom stereocenters. The zero-order valence-electron chi connectivity index (χ0n) is 14.4. The van der Waals surface area contributed by atoms with E-state index < -0.39 is 29.7 Å². The minimum Gasteiger partial charge on any atom is -0.461 e. The molecule has 1 aliphatic heterocycles. The number of ether oxygens (including phenoxy) is 2. The predicted molar refractivity (Wildman–Crippen MR) is 88.2 cm³/mol. The number of carbonyl (C=O) groups is 2. The first-order valence-corrected chi connectivity index (χ1v) is 8.13. The number of piperidine rings is 1. The Kier molecular flexibility index (Phi) is 5.83. The molecule has 0 bridgehead atoms. The van der Waals surface area contributed by atoms with Gasteiger partial charge in [-0.1, -0.05) is 30.3 Å². The maximum Gasteiger partial charge on any atom is 0.410 e. The highest BCUT2D eigenvalue weighted by atomic mass is 16.6. The van der Waals surface area contributed by atoms with E-state index in [0.717, 1.165) is 5.56 Å². The summed E-state index contributed by atoms with van der Waals surface area (Å²) < 4.78 is 10.6. The fraction of sp³-hybridized carbons (Fsp3) is 0.556. The molecule has 1 saturated heterocycles. The van der Waals surface area contributed by atoms with Crippen molar-refractivity contribution in [3.63, 3.8) is 0 Å². The van der Waals surface area contributed by atoms with Crippen molar-refractivity contribution in [2.45, 2.75) is 45.5 Å². The van der Waals surface area contributed by atoms with Crippen molar-refractivity contribution in [1.29, 1.82) is 0 Å². The Morgan fingerprint density at radius 3 is 2.50 bits per heavy atom. The fourth-order valence-corrected chi connectivity index (χ4v) is 2.53. The lowest BCUT2D eigenvalue weighted by Gasteiger charge is -2.35. The van der Waals surface area contributed by atoms with Crippen LogP contribution in [0.3, 0.4) is 0 Å². The summed E-state index contributed by atoms with van der Waals surface area (Å²) >= 11 is 0. The molecule has 0 aromatic heterocycles. The van der Waals surface area contributed by atoms with Crippen molar-refractivity contribution in [3.05, 3.63) is 35.9 Å². The quantitative estimate of drug-likeness (QED) is 0.858. The van der Waals surface area contributed by atoms with Crippen LogP contribution in [0, 0.1) is 5.92 Å². The van der Waals surface area contributed by atoms with Gasteiger partial charge in [0.15, 0.2) is 0 Å². The van der Waals surface area contributed by atoms with Crippen LogP contribution in [0.25, 0.3) is 0 Å². The van der Waals surface area contributed by atoms with E-state index in [4.69, 9.17) is 9.47 Å². The second-order valence-corrected chi connectivity index (χ2v) is 6.98. The van der Waals surface area contributed by atoms with Gasteiger partial charge in [0.2, 0.25) is 0 Å². The van der Waals surface area contributed by atoms with Gasteiger partial charge in [-0.3, -0.25) is 4.79 Å². The van der Waals surface area contributed by atoms with E-state index in [9.17, 15) is 14.7 Å². The number of amides is 1. The average Bonchev–Trinajstić information content (AvgIpc) is 2.52. The molecule has 1 amide bonds. The zero-order valence-corrected chi connectivity index (χ0v) is 14.4. The molecule has 6 nitrogen and oxygen atoms in total. The number of esters is 1. The molecule has 132 valence electrons. The Bertz CT molecular complexity index is 567. The highest BCUT2D eigenvalue weighted by Gasteiger charge is 2.37. The number of hydrogen-bond acceptors (Lipinski definition) is 5. The van der Waals surface area contributed by atoms with Gasteiger partial charge in [0.25, 0.3) is 0 Å². The number of benzene rings is 1. The summed E-state index contributed by atoms with van der Waals surface area (Å²) in [5.74, 6) is -1.05. The van der Waals surface area contributed by atoms with Crippen LogP contribution in [-0.4, -0.2) is 46.9 Å². The second kappa shape index (κ2) is 7.66. The van der Waals surface area contributed by atoms with Crippen LogP contribution in [0.5, 0.6) is 0 Å². The summed E-state index contributed by atoms with van der Waals surface area (Å²) in [6.45, 7) is 5.97. The molecule has 24 heavy (non-hydrogen) atoms. The highest BCUT2D eigenvalue weighted by Crippen LogP contribution is 2.22. The topological polar surface area (TPSA) is 76.1 Å². The monoisotopic (exact) mass is 335 g/mol. The molecule has 1 N–H and O–H groups in total. The second-order valence-electron chi connectivity index (χ2n) is 6.98. The molecule has 2 rings (SSSR count). The first-order chi connectivity index (χ1) is 11.3. The first-order valence-electron chi connectivity index (χ1n) is 8.13. The molecule has 1 aliphatic rings. The molecule has 0 spiro atoms. The third-order valence-corrected chi connectivity index (χ3v) is 3.76. The Balaban J connectivity index is 1.84. The van der Waals surface area contributed by atoms with Gasteiger partial charge in [-0.25, -0.2) is 4.79 Å². The van der Waals surface area contributed by atoms with Gasteiger partial charge in [-0.15, -0.1) is 0 Å². The lowest BCUT2D eigenvalue weighted by Crippen LogP contribution is -2.50. The minimum atomic E-state index is -0.949. The van der Waals surface area contributed by atoms with E-state index in [0.29, 0.717) is 13.0 Å². The van der Waals surface area contributed by atoms with Crippen molar-refractivity contribution in [3.8, 4) is 0 Å². The maximum absolute atomic E-state index is 12.2. The Labute approximate surface area is 142 Å². The van der Waals surface area contributed by atoms with E-state index >= 15 is 0 Å². The van der Waals surface area contributed by atoms with Gasteiger partial charge in [0.1, 0.15) is 12.2 Å². The summed E-state index contributed by atoms with van der Waals surface area (Å²) in [5.41, 5.74) is 0.305. The molecular weight excluding hydrogens is 310 g/mol. The summed E-state index contributed by atoms with van der Waals surface area (Å²) in [7, 11) is 0. The molecule has 1 heterocycles. The van der Waals surface area contributed by atoms with Gasteiger partial charge >= 0.3 is 12.1 Å². The van der Waals surface area contributed by atoms with Gasteiger partial charge in [0.05, 0.1) is 18.6 Å². The van der Waals surface area contributed by atoms with Crippen molar-refractivity contribution in [1.82, 2.24) is 4.90 Å². The number of likely N-dealkylation sites (tertiary alicyclic amines) is 1. The normalized spacial score (nSPS) is 21.2. The molecule has 2 atom stereocenters. The van der Waals surface area contributed by atoms with Crippen molar-refractivity contribution in [2.75, 3.05) is 13.1 Å². The van der Waals surface area contributed by atoms with E-state index in [2.05, 4.69) is 0 Å². The third kappa shape index (κ3) is 5.23. The molecule has 0 radical (unpaired) electrons. The summed E-state index contributed by atoms with van der Waals surface area (Å²) in [5, 5.41) is 10.2. The fourth-order valence-electron chi connectivity index (χ4n) is 2.53. The van der Waals surface area contributed by atoms with E-state index in [1.165, 1.54) is 4.90 Å². The zero-order chi connectivity index (χ0) is 17.7. The van der Waals surface area contributed by atoms with Gasteiger partial charge in [0, 0.05) is 6.54 Å². The number of carbonyl (C=O) groups excluding carboxylic acids is 2. The Morgan fingerprint density at radius 2 is 1.92 bits per heavy atom. The van der Waals surface area contributed by atoms with Crippen LogP contribution in [0.1, 0.15) is 32.8 Å². The maximum atomic E-state index is 12.2. The molecular formula is C18H25NO5. The number of rotatable bonds is 3. The van der Waals surface area contributed by atoms with E-state index in [1.54, 1.807) is 20.8 Å². The number of hydrogen-bond donors (Lipinski definition) is 1. The molecule has 1 aromatic carbocycles. The highest BCUT2D eigenvalue weighted by molar-refractivity contribution is 5.74. The van der Waals surface area contributed by atoms with Crippen molar-refractivity contribution >= 4 is 12.1 Å². The average molecular weight is 335 g/mol. The lowest BCUT2D eigenvalue weighted by molar-refractivity contribution is -0.156. The molecule has 6 heteroatoms. The van der Waals surface area contributed by atoms with Crippen molar-refractivity contribution in [2.24, 2.45) is 5.92 Å². The molecule has 1 fully saturated rings. The summed E-state index contributed by atoms with van der Waals surface area (Å²) in [6.07, 6.45) is -1.07. The van der Waals surface area contributed by atoms with Gasteiger partial charge < -0.3 is 19.5 Å². The Morgan fingerprint density at radius 1 is 1.25 bits per heavy atom. The number of aliphatic hydroxyl groups is 1. The Hall–Kier alpha value is -2.08. The predicted octanol–water partition coefficient (Wildman–Crippen LogP) is 2.35. The minimum absolute atomic E-state index is 0.0695. The lowest BCUT2D eigenvalue weighted by atomic mass is 9.94. The SMILES string of the molecule is CC(C)(C)OC(=O)N1CCC(C(=O)OCc2ccccc2)C(O)C1. The third-order valence-electron chi connectivity index (χ3n) is 3.76. The van der Waals surface area contributed by atoms with Crippen LogP contribution < -0.4 is 0 Å². The number of aliphatic hydroxyl groups excluding tert-OH is 1. The summed E-state index contributed by atoms with van der Waals surface area (Å²) in [6, 6.07) is 9.37. The van der Waals surface area contributed by atoms with Crippen molar-refractivity contribution < 1.29 is 24.2 Å².